The normalized spacial score (nSPS) is 19.1. The standard InChI is InChI=1S/C55H76FN13O11/c1-9-55(79)33-19-40-47-31(24-69(40)52(77)32(33)25-80-53(55)78)45-35(15-14-30-29(8)34(56)20-37(64-47)44(30)45)63-41(70)21-61-48(73)36(12-10-16-59-54(57)58)65-51(76)46(27(4)5)67-42(71)22-62-49(74)38(18-26(2)3)66-50(75)39-13-11-17-68(39)43(72)23-60-28(6)7/h19-20,26-28,35-36,38-39,46,60,79H,9-18,21-25H2,1-8H3,(H,61,73)(H,62,74)(H,63,70)(H,65,76)(H,66,75)(H,67,71)(H4,57,58,59)/t35-,36-,38-,39-,46-,55-/m0/s1. The van der Waals surface area contributed by atoms with Crippen LogP contribution in [-0.4, -0.2) is 136 Å². The molecule has 6 atom stereocenters. The van der Waals surface area contributed by atoms with Crippen LogP contribution in [0.15, 0.2) is 16.9 Å². The highest BCUT2D eigenvalue weighted by atomic mass is 19.1. The van der Waals surface area contributed by atoms with E-state index in [1.807, 2.05) is 27.7 Å². The van der Waals surface area contributed by atoms with Crippen LogP contribution in [0, 0.1) is 30.0 Å². The van der Waals surface area contributed by atoms with Gasteiger partial charge in [0.05, 0.1) is 54.7 Å². The first-order chi connectivity index (χ1) is 37.8. The molecule has 7 amide bonds. The minimum Gasteiger partial charge on any atom is -0.458 e. The summed E-state index contributed by atoms with van der Waals surface area (Å²) in [4.78, 5) is 129. The molecular weight excluding hydrogens is 1040 g/mol. The van der Waals surface area contributed by atoms with Crippen molar-refractivity contribution in [2.75, 3.05) is 32.7 Å². The summed E-state index contributed by atoms with van der Waals surface area (Å²) < 4.78 is 22.2. The number of carbonyl (C=O) groups excluding carboxylic acids is 8. The molecule has 0 spiro atoms. The zero-order valence-electron chi connectivity index (χ0n) is 46.7. The van der Waals surface area contributed by atoms with Crippen LogP contribution in [0.1, 0.15) is 133 Å². The topological polar surface area (TPSA) is 350 Å². The molecule has 1 aliphatic carbocycles. The summed E-state index contributed by atoms with van der Waals surface area (Å²) >= 11 is 0. The Hall–Kier alpha value is -7.54. The number of esters is 1. The number of pyridine rings is 2. The van der Waals surface area contributed by atoms with Gasteiger partial charge in [0.2, 0.25) is 41.4 Å². The molecule has 0 radical (unpaired) electrons. The van der Waals surface area contributed by atoms with Crippen molar-refractivity contribution in [3.8, 4) is 11.4 Å². The van der Waals surface area contributed by atoms with Crippen LogP contribution in [0.2, 0.25) is 0 Å². The number of aryl methyl sites for hydroxylation is 1. The Bertz CT molecular complexity index is 3040. The van der Waals surface area contributed by atoms with Crippen molar-refractivity contribution in [2.45, 2.75) is 162 Å². The highest BCUT2D eigenvalue weighted by Crippen LogP contribution is 2.46. The van der Waals surface area contributed by atoms with Crippen LogP contribution >= 0.6 is 0 Å². The number of ether oxygens (including phenoxy) is 1. The van der Waals surface area contributed by atoms with Crippen LogP contribution in [-0.2, 0) is 68.3 Å². The zero-order valence-corrected chi connectivity index (χ0v) is 46.7. The Morgan fingerprint density at radius 1 is 0.900 bits per heavy atom. The van der Waals surface area contributed by atoms with Crippen LogP contribution in [0.4, 0.5) is 4.39 Å². The summed E-state index contributed by atoms with van der Waals surface area (Å²) in [6.45, 7) is 13.4. The summed E-state index contributed by atoms with van der Waals surface area (Å²) in [5.41, 5.74) is 6.32. The van der Waals surface area contributed by atoms with Gasteiger partial charge in [0.1, 0.15) is 36.6 Å². The number of aliphatic hydroxyl groups is 1. The number of halogens is 1. The molecule has 4 aliphatic rings. The second-order valence-electron chi connectivity index (χ2n) is 22.2. The number of carbonyl (C=O) groups is 8. The van der Waals surface area contributed by atoms with E-state index in [0.717, 1.165) is 0 Å². The Labute approximate surface area is 462 Å². The van der Waals surface area contributed by atoms with Gasteiger partial charge in [-0.25, -0.2) is 14.2 Å². The molecule has 434 valence electrons. The smallest absolute Gasteiger partial charge is 0.343 e. The summed E-state index contributed by atoms with van der Waals surface area (Å²) in [6.07, 6.45) is 2.13. The predicted molar refractivity (Wildman–Crippen MR) is 292 cm³/mol. The molecule has 2 aromatic heterocycles. The minimum absolute atomic E-state index is 0.00855. The molecule has 1 aromatic carbocycles. The van der Waals surface area contributed by atoms with Crippen molar-refractivity contribution >= 4 is 64.2 Å². The Balaban J connectivity index is 1.02. The molecule has 80 heavy (non-hydrogen) atoms. The lowest BCUT2D eigenvalue weighted by molar-refractivity contribution is -0.172. The largest absolute Gasteiger partial charge is 0.458 e. The van der Waals surface area contributed by atoms with E-state index in [2.05, 4.69) is 42.5 Å². The quantitative estimate of drug-likeness (QED) is 0.0206. The maximum Gasteiger partial charge on any atom is 0.343 e. The van der Waals surface area contributed by atoms with Crippen molar-refractivity contribution in [3.63, 3.8) is 0 Å². The van der Waals surface area contributed by atoms with Gasteiger partial charge < -0.3 is 67.6 Å². The molecule has 7 rings (SSSR count). The number of guanidine groups is 1. The number of rotatable bonds is 23. The number of fused-ring (bicyclic) bond motifs is 5. The van der Waals surface area contributed by atoms with Gasteiger partial charge >= 0.3 is 5.97 Å². The summed E-state index contributed by atoms with van der Waals surface area (Å²) in [5.74, 6) is -6.41. The van der Waals surface area contributed by atoms with E-state index >= 15 is 4.39 Å². The first-order valence-corrected chi connectivity index (χ1v) is 27.5. The van der Waals surface area contributed by atoms with Crippen LogP contribution in [0.3, 0.4) is 0 Å². The Morgan fingerprint density at radius 3 is 2.26 bits per heavy atom. The number of nitrogens with one attached hydrogen (secondary N) is 9. The van der Waals surface area contributed by atoms with E-state index in [0.29, 0.717) is 71.3 Å². The second kappa shape index (κ2) is 25.3. The lowest BCUT2D eigenvalue weighted by Crippen LogP contribution is -2.58. The Kier molecular flexibility index (Phi) is 19.0. The molecule has 24 nitrogen and oxygen atoms in total. The number of likely N-dealkylation sites (tertiary alicyclic amines) is 1. The maximum absolute atomic E-state index is 15.5. The first-order valence-electron chi connectivity index (χ1n) is 27.5. The fourth-order valence-corrected chi connectivity index (χ4v) is 11.0. The number of nitrogens with two attached hydrogens (primary N) is 1. The minimum atomic E-state index is -2.08. The van der Waals surface area contributed by atoms with Crippen molar-refractivity contribution in [1.29, 1.82) is 5.41 Å². The highest BCUT2D eigenvalue weighted by molar-refractivity contribution is 5.97. The van der Waals surface area contributed by atoms with Gasteiger partial charge in [-0.1, -0.05) is 48.5 Å². The third kappa shape index (κ3) is 13.0. The van der Waals surface area contributed by atoms with Gasteiger partial charge in [0.15, 0.2) is 11.6 Å². The molecule has 0 bridgehead atoms. The third-order valence-corrected chi connectivity index (χ3v) is 15.3. The van der Waals surface area contributed by atoms with Gasteiger partial charge in [0.25, 0.3) is 5.56 Å². The number of benzene rings is 1. The number of amides is 7. The summed E-state index contributed by atoms with van der Waals surface area (Å²) in [6, 6.07) is -2.04. The van der Waals surface area contributed by atoms with Crippen LogP contribution in [0.5, 0.6) is 0 Å². The number of hydrogen-bond donors (Lipinski definition) is 11. The average molecular weight is 1110 g/mol. The zero-order chi connectivity index (χ0) is 58.5. The molecular formula is C55H76FN13O11. The lowest BCUT2D eigenvalue weighted by atomic mass is 9.81. The molecule has 25 heteroatoms. The molecule has 0 saturated carbocycles. The van der Waals surface area contributed by atoms with Gasteiger partial charge in [-0.3, -0.25) is 43.8 Å². The fraction of sp³-hybridized carbons (Fsp3) is 0.582. The molecule has 1 fully saturated rings. The van der Waals surface area contributed by atoms with Crippen LogP contribution < -0.4 is 53.8 Å². The Morgan fingerprint density at radius 2 is 1.60 bits per heavy atom. The monoisotopic (exact) mass is 1110 g/mol. The average Bonchev–Trinajstić information content (AvgIpc) is 4.06. The molecule has 12 N–H and O–H groups in total. The second-order valence-corrected chi connectivity index (χ2v) is 22.2. The lowest BCUT2D eigenvalue weighted by Gasteiger charge is -2.31. The predicted octanol–water partition coefficient (Wildman–Crippen LogP) is 0.272. The van der Waals surface area contributed by atoms with Gasteiger partial charge in [0, 0.05) is 41.7 Å². The maximum atomic E-state index is 15.5. The number of cyclic esters (lactones) is 1. The van der Waals surface area contributed by atoms with Gasteiger partial charge in [-0.2, -0.15) is 0 Å². The van der Waals surface area contributed by atoms with E-state index in [1.54, 1.807) is 33.8 Å². The molecule has 1 saturated heterocycles. The van der Waals surface area contributed by atoms with E-state index in [-0.39, 0.29) is 92.4 Å². The van der Waals surface area contributed by atoms with Crippen molar-refractivity contribution < 1.29 is 52.6 Å². The fourth-order valence-electron chi connectivity index (χ4n) is 11.0. The first kappa shape index (κ1) is 60.1. The van der Waals surface area contributed by atoms with E-state index in [1.165, 1.54) is 15.5 Å². The molecule has 5 heterocycles. The molecule has 3 aromatic rings. The summed E-state index contributed by atoms with van der Waals surface area (Å²) in [5, 5.41) is 41.6. The van der Waals surface area contributed by atoms with E-state index in [9.17, 15) is 48.3 Å². The van der Waals surface area contributed by atoms with Crippen molar-refractivity contribution in [3.05, 3.63) is 61.7 Å². The van der Waals surface area contributed by atoms with E-state index in [4.69, 9.17) is 20.9 Å². The van der Waals surface area contributed by atoms with E-state index < -0.39 is 108 Å². The van der Waals surface area contributed by atoms with Crippen molar-refractivity contribution in [2.24, 2.45) is 17.6 Å². The number of aromatic nitrogens is 2. The van der Waals surface area contributed by atoms with Crippen molar-refractivity contribution in [1.82, 2.24) is 57.0 Å². The SMILES string of the molecule is CC[C@@]1(O)C(=O)OCc2c1cc1n(c2=O)Cc2c-1nc1cc(F)c(C)c3c1c2[C@@H](NC(=O)CNC(=O)[C@H](CCCNC(=N)N)NC(=O)[C@@H](NC(=O)CNC(=O)[C@H](CC(C)C)NC(=O)[C@@H]1CCCN1C(=O)CNC(C)C)C(C)C)CC3. The number of nitrogens with zero attached hydrogens (tertiary/aromatic N) is 3. The molecule has 3 aliphatic heterocycles. The highest BCUT2D eigenvalue weighted by Gasteiger charge is 2.46. The van der Waals surface area contributed by atoms with Crippen LogP contribution in [0.25, 0.3) is 22.3 Å². The van der Waals surface area contributed by atoms with Gasteiger partial charge in [-0.15, -0.1) is 0 Å². The third-order valence-electron chi connectivity index (χ3n) is 15.3. The summed E-state index contributed by atoms with van der Waals surface area (Å²) in [7, 11) is 0. The number of hydrogen-bond acceptors (Lipinski definition) is 14. The molecule has 0 unspecified atom stereocenters. The van der Waals surface area contributed by atoms with Gasteiger partial charge in [-0.05, 0) is 92.9 Å².